The van der Waals surface area contributed by atoms with Gasteiger partial charge in [0.15, 0.2) is 10.9 Å². The number of nitrogens with zero attached hydrogens (tertiary/aromatic N) is 4. The standard InChI is InChI=1S/C22H16N6OS2/c1-13-25-26-22-28(13)27-20(31-22)17-10-4-5-12-18(17)23-21(30)24-19(29)16-11-6-8-14-7-2-3-9-15(14)16/h2-12H,1H3,(H2,23,24,29,30). The van der Waals surface area contributed by atoms with Gasteiger partial charge in [0.2, 0.25) is 4.96 Å². The molecule has 2 N–H and O–H groups in total. The highest BCUT2D eigenvalue weighted by molar-refractivity contribution is 7.80. The highest BCUT2D eigenvalue weighted by Gasteiger charge is 2.16. The number of hydrogen-bond donors (Lipinski definition) is 2. The number of para-hydroxylation sites is 1. The summed E-state index contributed by atoms with van der Waals surface area (Å²) in [5.41, 5.74) is 2.17. The van der Waals surface area contributed by atoms with Crippen molar-refractivity contribution in [2.75, 3.05) is 5.32 Å². The van der Waals surface area contributed by atoms with Gasteiger partial charge in [0.05, 0.1) is 5.69 Å². The van der Waals surface area contributed by atoms with Gasteiger partial charge in [-0.1, -0.05) is 59.9 Å². The average molecular weight is 445 g/mol. The number of nitrogens with one attached hydrogen (secondary N) is 2. The zero-order valence-corrected chi connectivity index (χ0v) is 18.0. The number of amides is 1. The molecule has 0 aliphatic heterocycles. The Labute approximate surface area is 186 Å². The third-order valence-electron chi connectivity index (χ3n) is 4.81. The van der Waals surface area contributed by atoms with Gasteiger partial charge in [0.1, 0.15) is 5.01 Å². The van der Waals surface area contributed by atoms with Crippen LogP contribution < -0.4 is 10.6 Å². The Bertz CT molecular complexity index is 1450. The normalized spacial score (nSPS) is 11.0. The molecule has 0 bridgehead atoms. The van der Waals surface area contributed by atoms with E-state index in [1.54, 1.807) is 10.6 Å². The first-order valence-corrected chi connectivity index (χ1v) is 10.7. The number of aromatic nitrogens is 4. The predicted molar refractivity (Wildman–Crippen MR) is 126 cm³/mol. The second-order valence-corrected chi connectivity index (χ2v) is 8.19. The van der Waals surface area contributed by atoms with Crippen molar-refractivity contribution in [2.45, 2.75) is 6.92 Å². The average Bonchev–Trinajstić information content (AvgIpc) is 3.35. The summed E-state index contributed by atoms with van der Waals surface area (Å²) in [6, 6.07) is 21.0. The lowest BCUT2D eigenvalue weighted by Crippen LogP contribution is -2.34. The van der Waals surface area contributed by atoms with Crippen LogP contribution in [0.5, 0.6) is 0 Å². The molecule has 0 unspecified atom stereocenters. The minimum Gasteiger partial charge on any atom is -0.332 e. The summed E-state index contributed by atoms with van der Waals surface area (Å²) in [5.74, 6) is 0.460. The number of benzene rings is 3. The molecule has 0 saturated carbocycles. The largest absolute Gasteiger partial charge is 0.332 e. The van der Waals surface area contributed by atoms with Gasteiger partial charge in [0.25, 0.3) is 5.91 Å². The van der Waals surface area contributed by atoms with E-state index in [-0.39, 0.29) is 11.0 Å². The van der Waals surface area contributed by atoms with Crippen LogP contribution in [0.3, 0.4) is 0 Å². The fourth-order valence-electron chi connectivity index (χ4n) is 3.35. The van der Waals surface area contributed by atoms with Gasteiger partial charge in [0, 0.05) is 11.1 Å². The van der Waals surface area contributed by atoms with Crippen LogP contribution in [0.2, 0.25) is 0 Å². The summed E-state index contributed by atoms with van der Waals surface area (Å²) in [6.07, 6.45) is 0. The molecule has 7 nitrogen and oxygen atoms in total. The van der Waals surface area contributed by atoms with Gasteiger partial charge < -0.3 is 5.32 Å². The summed E-state index contributed by atoms with van der Waals surface area (Å²) < 4.78 is 1.71. The summed E-state index contributed by atoms with van der Waals surface area (Å²) in [7, 11) is 0. The van der Waals surface area contributed by atoms with Crippen LogP contribution in [-0.2, 0) is 0 Å². The van der Waals surface area contributed by atoms with Crippen molar-refractivity contribution in [1.82, 2.24) is 25.1 Å². The first-order valence-electron chi connectivity index (χ1n) is 9.48. The number of carbonyl (C=O) groups is 1. The minimum absolute atomic E-state index is 0.213. The second-order valence-electron chi connectivity index (χ2n) is 6.83. The zero-order chi connectivity index (χ0) is 21.4. The van der Waals surface area contributed by atoms with Crippen LogP contribution in [-0.4, -0.2) is 30.8 Å². The van der Waals surface area contributed by atoms with Crippen molar-refractivity contribution in [3.05, 3.63) is 78.1 Å². The van der Waals surface area contributed by atoms with E-state index in [0.29, 0.717) is 10.5 Å². The van der Waals surface area contributed by atoms with Crippen LogP contribution in [0.15, 0.2) is 66.7 Å². The van der Waals surface area contributed by atoms with Crippen LogP contribution in [0.4, 0.5) is 5.69 Å². The summed E-state index contributed by atoms with van der Waals surface area (Å²) in [6.45, 7) is 1.85. The smallest absolute Gasteiger partial charge is 0.258 e. The number of rotatable bonds is 3. The van der Waals surface area contributed by atoms with E-state index in [1.165, 1.54) is 11.3 Å². The number of anilines is 1. The van der Waals surface area contributed by atoms with E-state index in [2.05, 4.69) is 25.9 Å². The molecule has 1 amide bonds. The van der Waals surface area contributed by atoms with Gasteiger partial charge in [-0.2, -0.15) is 9.61 Å². The van der Waals surface area contributed by atoms with Gasteiger partial charge in [-0.3, -0.25) is 10.1 Å². The number of fused-ring (bicyclic) bond motifs is 2. The molecule has 2 aromatic heterocycles. The SMILES string of the molecule is Cc1nnc2sc(-c3ccccc3NC(=S)NC(=O)c3cccc4ccccc34)nn12. The van der Waals surface area contributed by atoms with E-state index in [1.807, 2.05) is 67.6 Å². The first kappa shape index (κ1) is 19.3. The Kier molecular flexibility index (Phi) is 4.89. The molecule has 5 rings (SSSR count). The quantitative estimate of drug-likeness (QED) is 0.400. The Hall–Kier alpha value is -3.69. The van der Waals surface area contributed by atoms with Crippen molar-refractivity contribution in [3.63, 3.8) is 0 Å². The first-order chi connectivity index (χ1) is 15.1. The maximum Gasteiger partial charge on any atom is 0.258 e. The van der Waals surface area contributed by atoms with E-state index in [0.717, 1.165) is 32.9 Å². The van der Waals surface area contributed by atoms with E-state index in [9.17, 15) is 4.79 Å². The molecule has 0 saturated heterocycles. The van der Waals surface area contributed by atoms with Crippen molar-refractivity contribution in [1.29, 1.82) is 0 Å². The molecule has 5 aromatic rings. The topological polar surface area (TPSA) is 84.2 Å². The molecule has 0 radical (unpaired) electrons. The fourth-order valence-corrected chi connectivity index (χ4v) is 4.48. The maximum absolute atomic E-state index is 12.9. The van der Waals surface area contributed by atoms with Crippen molar-refractivity contribution < 1.29 is 4.79 Å². The van der Waals surface area contributed by atoms with Gasteiger partial charge in [-0.25, -0.2) is 0 Å². The maximum atomic E-state index is 12.9. The van der Waals surface area contributed by atoms with Gasteiger partial charge in [-0.15, -0.1) is 10.2 Å². The molecule has 0 spiro atoms. The van der Waals surface area contributed by atoms with Gasteiger partial charge in [-0.05, 0) is 48.1 Å². The molecule has 9 heteroatoms. The van der Waals surface area contributed by atoms with Gasteiger partial charge >= 0.3 is 0 Å². The lowest BCUT2D eigenvalue weighted by atomic mass is 10.0. The molecule has 0 atom stereocenters. The second kappa shape index (κ2) is 7.86. The minimum atomic E-state index is -0.263. The van der Waals surface area contributed by atoms with E-state index < -0.39 is 0 Å². The van der Waals surface area contributed by atoms with E-state index in [4.69, 9.17) is 12.2 Å². The van der Waals surface area contributed by atoms with Crippen molar-refractivity contribution in [3.8, 4) is 10.6 Å². The molecule has 0 aliphatic rings. The number of aryl methyl sites for hydroxylation is 1. The van der Waals surface area contributed by atoms with Crippen molar-refractivity contribution in [2.24, 2.45) is 0 Å². The predicted octanol–water partition coefficient (Wildman–Crippen LogP) is 4.44. The highest BCUT2D eigenvalue weighted by atomic mass is 32.1. The molecule has 3 aromatic carbocycles. The lowest BCUT2D eigenvalue weighted by molar-refractivity contribution is 0.0979. The zero-order valence-electron chi connectivity index (χ0n) is 16.4. The lowest BCUT2D eigenvalue weighted by Gasteiger charge is -2.13. The molecule has 2 heterocycles. The van der Waals surface area contributed by atoms with Crippen LogP contribution in [0.1, 0.15) is 16.2 Å². The summed E-state index contributed by atoms with van der Waals surface area (Å²) in [5, 5.41) is 21.5. The summed E-state index contributed by atoms with van der Waals surface area (Å²) >= 11 is 6.86. The molecular formula is C22H16N6OS2. The molecule has 0 fully saturated rings. The molecule has 0 aliphatic carbocycles. The number of carbonyl (C=O) groups excluding carboxylic acids is 1. The Morgan fingerprint density at radius 1 is 1.00 bits per heavy atom. The van der Waals surface area contributed by atoms with Crippen LogP contribution in [0, 0.1) is 6.92 Å². The number of thiocarbonyl (C=S) groups is 1. The molecule has 152 valence electrons. The van der Waals surface area contributed by atoms with Crippen LogP contribution >= 0.6 is 23.6 Å². The Morgan fingerprint density at radius 2 is 1.77 bits per heavy atom. The van der Waals surface area contributed by atoms with Crippen LogP contribution in [0.25, 0.3) is 26.3 Å². The third kappa shape index (κ3) is 3.65. The van der Waals surface area contributed by atoms with E-state index >= 15 is 0 Å². The van der Waals surface area contributed by atoms with Crippen molar-refractivity contribution >= 4 is 56.0 Å². The Morgan fingerprint density at radius 3 is 2.65 bits per heavy atom. The Balaban J connectivity index is 1.39. The molecule has 31 heavy (non-hydrogen) atoms. The summed E-state index contributed by atoms with van der Waals surface area (Å²) in [4.78, 5) is 13.6. The highest BCUT2D eigenvalue weighted by Crippen LogP contribution is 2.31. The molecular weight excluding hydrogens is 428 g/mol. The third-order valence-corrected chi connectivity index (χ3v) is 5.95. The number of hydrogen-bond acceptors (Lipinski definition) is 6. The monoisotopic (exact) mass is 444 g/mol. The fraction of sp³-hybridized carbons (Fsp3) is 0.0455.